The van der Waals surface area contributed by atoms with Crippen LogP contribution in [0.1, 0.15) is 13.3 Å². The van der Waals surface area contributed by atoms with Crippen LogP contribution in [0, 0.1) is 10.1 Å². The molecule has 6 heteroatoms. The lowest BCUT2D eigenvalue weighted by Crippen LogP contribution is -2.24. The summed E-state index contributed by atoms with van der Waals surface area (Å²) in [5.74, 6) is 0. The van der Waals surface area contributed by atoms with Gasteiger partial charge in [-0.3, -0.25) is 10.1 Å². The second-order valence-electron chi connectivity index (χ2n) is 4.49. The maximum atomic E-state index is 11.0. The standard InChI is InChI=1S/C14H17N3O3/c1-3-10(9-20-2)16-12-7-8-15-14-11(12)5-4-6-13(14)17(18)19/h4-8,10H,3,9H2,1-2H3,(H,15,16). The summed E-state index contributed by atoms with van der Waals surface area (Å²) < 4.78 is 5.15. The van der Waals surface area contributed by atoms with Crippen molar-refractivity contribution < 1.29 is 9.66 Å². The lowest BCUT2D eigenvalue weighted by Gasteiger charge is -2.18. The van der Waals surface area contributed by atoms with E-state index in [0.29, 0.717) is 12.1 Å². The minimum atomic E-state index is -0.411. The lowest BCUT2D eigenvalue weighted by atomic mass is 10.1. The molecule has 0 saturated heterocycles. The molecule has 0 spiro atoms. The third-order valence-electron chi connectivity index (χ3n) is 3.17. The Labute approximate surface area is 116 Å². The molecule has 0 saturated carbocycles. The fraction of sp³-hybridized carbons (Fsp3) is 0.357. The van der Waals surface area contributed by atoms with Crippen molar-refractivity contribution >= 4 is 22.3 Å². The Morgan fingerprint density at radius 1 is 1.45 bits per heavy atom. The largest absolute Gasteiger partial charge is 0.383 e. The first-order valence-electron chi connectivity index (χ1n) is 6.45. The second-order valence-corrected chi connectivity index (χ2v) is 4.49. The zero-order valence-corrected chi connectivity index (χ0v) is 11.5. The van der Waals surface area contributed by atoms with Crippen LogP contribution in [0.5, 0.6) is 0 Å². The summed E-state index contributed by atoms with van der Waals surface area (Å²) in [6, 6.07) is 6.95. The SMILES string of the molecule is CCC(COC)Nc1ccnc2c([N+](=O)[O-])cccc12. The van der Waals surface area contributed by atoms with Crippen molar-refractivity contribution in [2.75, 3.05) is 19.0 Å². The number of methoxy groups -OCH3 is 1. The molecule has 1 aromatic heterocycles. The van der Waals surface area contributed by atoms with Gasteiger partial charge in [0.2, 0.25) is 0 Å². The van der Waals surface area contributed by atoms with Crippen molar-refractivity contribution in [2.45, 2.75) is 19.4 Å². The number of benzene rings is 1. The minimum absolute atomic E-state index is 0.0194. The van der Waals surface area contributed by atoms with Gasteiger partial charge in [-0.25, -0.2) is 4.98 Å². The molecular formula is C14H17N3O3. The Kier molecular flexibility index (Phi) is 4.47. The number of ether oxygens (including phenoxy) is 1. The summed E-state index contributed by atoms with van der Waals surface area (Å²) in [5.41, 5.74) is 1.25. The molecule has 0 aliphatic carbocycles. The minimum Gasteiger partial charge on any atom is -0.383 e. The van der Waals surface area contributed by atoms with E-state index in [1.165, 1.54) is 6.07 Å². The number of fused-ring (bicyclic) bond motifs is 1. The Morgan fingerprint density at radius 3 is 2.90 bits per heavy atom. The number of anilines is 1. The number of nitro groups is 1. The monoisotopic (exact) mass is 275 g/mol. The fourth-order valence-corrected chi connectivity index (χ4v) is 2.12. The summed E-state index contributed by atoms with van der Waals surface area (Å²) in [6.45, 7) is 2.64. The van der Waals surface area contributed by atoms with Crippen molar-refractivity contribution in [1.82, 2.24) is 4.98 Å². The van der Waals surface area contributed by atoms with Gasteiger partial charge in [-0.05, 0) is 12.5 Å². The van der Waals surface area contributed by atoms with Gasteiger partial charge >= 0.3 is 0 Å². The van der Waals surface area contributed by atoms with Crippen LogP contribution in [0.15, 0.2) is 30.5 Å². The molecule has 0 bridgehead atoms. The van der Waals surface area contributed by atoms with Crippen LogP contribution in [-0.2, 0) is 4.74 Å². The van der Waals surface area contributed by atoms with Gasteiger partial charge in [0, 0.05) is 36.5 Å². The molecule has 0 amide bonds. The van der Waals surface area contributed by atoms with Crippen LogP contribution in [0.3, 0.4) is 0 Å². The maximum absolute atomic E-state index is 11.0. The Bertz CT molecular complexity index is 616. The third-order valence-corrected chi connectivity index (χ3v) is 3.17. The zero-order chi connectivity index (χ0) is 14.5. The number of rotatable bonds is 6. The molecule has 20 heavy (non-hydrogen) atoms. The van der Waals surface area contributed by atoms with Gasteiger partial charge in [0.15, 0.2) is 0 Å². The van der Waals surface area contributed by atoms with Gasteiger partial charge in [0.05, 0.1) is 11.5 Å². The topological polar surface area (TPSA) is 77.3 Å². The van der Waals surface area contributed by atoms with E-state index in [-0.39, 0.29) is 11.7 Å². The van der Waals surface area contributed by atoms with E-state index in [2.05, 4.69) is 17.2 Å². The van der Waals surface area contributed by atoms with Gasteiger partial charge in [0.25, 0.3) is 5.69 Å². The first-order valence-corrected chi connectivity index (χ1v) is 6.45. The van der Waals surface area contributed by atoms with Crippen molar-refractivity contribution in [3.05, 3.63) is 40.6 Å². The third kappa shape index (κ3) is 2.85. The number of nitro benzene ring substituents is 1. The van der Waals surface area contributed by atoms with Crippen LogP contribution in [-0.4, -0.2) is 29.7 Å². The zero-order valence-electron chi connectivity index (χ0n) is 11.5. The Balaban J connectivity index is 2.44. The molecule has 2 aromatic rings. The molecule has 1 unspecified atom stereocenters. The van der Waals surface area contributed by atoms with Crippen LogP contribution in [0.4, 0.5) is 11.4 Å². The van der Waals surface area contributed by atoms with Crippen LogP contribution >= 0.6 is 0 Å². The second kappa shape index (κ2) is 6.29. The van der Waals surface area contributed by atoms with Crippen LogP contribution in [0.2, 0.25) is 0 Å². The van der Waals surface area contributed by atoms with Crippen molar-refractivity contribution in [3.8, 4) is 0 Å². The van der Waals surface area contributed by atoms with Crippen LogP contribution < -0.4 is 5.32 Å². The number of hydrogen-bond acceptors (Lipinski definition) is 5. The Morgan fingerprint density at radius 2 is 2.25 bits per heavy atom. The van der Waals surface area contributed by atoms with E-state index >= 15 is 0 Å². The van der Waals surface area contributed by atoms with Gasteiger partial charge in [0.1, 0.15) is 5.52 Å². The molecule has 6 nitrogen and oxygen atoms in total. The van der Waals surface area contributed by atoms with Gasteiger partial charge in [-0.1, -0.05) is 19.1 Å². The predicted molar refractivity (Wildman–Crippen MR) is 78.0 cm³/mol. The predicted octanol–water partition coefficient (Wildman–Crippen LogP) is 2.98. The number of pyridine rings is 1. The molecular weight excluding hydrogens is 258 g/mol. The first kappa shape index (κ1) is 14.2. The van der Waals surface area contributed by atoms with Crippen molar-refractivity contribution in [1.29, 1.82) is 0 Å². The number of nitrogens with zero attached hydrogens (tertiary/aromatic N) is 2. The van der Waals surface area contributed by atoms with Gasteiger partial charge in [-0.2, -0.15) is 0 Å². The van der Waals surface area contributed by atoms with Crippen molar-refractivity contribution in [3.63, 3.8) is 0 Å². The molecule has 2 rings (SSSR count). The summed E-state index contributed by atoms with van der Waals surface area (Å²) in [7, 11) is 1.65. The van der Waals surface area contributed by atoms with Crippen molar-refractivity contribution in [2.24, 2.45) is 0 Å². The molecule has 0 fully saturated rings. The molecule has 1 N–H and O–H groups in total. The normalized spacial score (nSPS) is 12.3. The maximum Gasteiger partial charge on any atom is 0.295 e. The van der Waals surface area contributed by atoms with Gasteiger partial charge < -0.3 is 10.1 Å². The van der Waals surface area contributed by atoms with E-state index in [9.17, 15) is 10.1 Å². The molecule has 1 atom stereocenters. The number of hydrogen-bond donors (Lipinski definition) is 1. The fourth-order valence-electron chi connectivity index (χ4n) is 2.12. The van der Waals surface area contributed by atoms with E-state index in [4.69, 9.17) is 4.74 Å². The summed E-state index contributed by atoms with van der Waals surface area (Å²) in [4.78, 5) is 14.8. The summed E-state index contributed by atoms with van der Waals surface area (Å²) in [6.07, 6.45) is 2.48. The van der Waals surface area contributed by atoms with E-state index < -0.39 is 4.92 Å². The molecule has 0 aliphatic rings. The van der Waals surface area contributed by atoms with E-state index in [0.717, 1.165) is 17.5 Å². The Hall–Kier alpha value is -2.21. The highest BCUT2D eigenvalue weighted by Gasteiger charge is 2.15. The quantitative estimate of drug-likeness (QED) is 0.647. The highest BCUT2D eigenvalue weighted by atomic mass is 16.6. The number of nitrogens with one attached hydrogen (secondary N) is 1. The van der Waals surface area contributed by atoms with E-state index in [1.54, 1.807) is 19.4 Å². The molecule has 0 radical (unpaired) electrons. The summed E-state index contributed by atoms with van der Waals surface area (Å²) in [5, 5.41) is 15.1. The molecule has 1 heterocycles. The molecule has 1 aromatic carbocycles. The van der Waals surface area contributed by atoms with Gasteiger partial charge in [-0.15, -0.1) is 0 Å². The molecule has 106 valence electrons. The number of aromatic nitrogens is 1. The number of non-ortho nitro benzene ring substituents is 1. The first-order chi connectivity index (χ1) is 9.67. The highest BCUT2D eigenvalue weighted by Crippen LogP contribution is 2.29. The van der Waals surface area contributed by atoms with E-state index in [1.807, 2.05) is 12.1 Å². The smallest absolute Gasteiger partial charge is 0.295 e. The number of para-hydroxylation sites is 1. The average Bonchev–Trinajstić information content (AvgIpc) is 2.46. The van der Waals surface area contributed by atoms with Crippen LogP contribution in [0.25, 0.3) is 10.9 Å². The summed E-state index contributed by atoms with van der Waals surface area (Å²) >= 11 is 0. The highest BCUT2D eigenvalue weighted by molar-refractivity contribution is 5.96. The lowest BCUT2D eigenvalue weighted by molar-refractivity contribution is -0.383. The average molecular weight is 275 g/mol. The molecule has 0 aliphatic heterocycles.